The van der Waals surface area contributed by atoms with E-state index in [4.69, 9.17) is 10.5 Å². The Hall–Kier alpha value is -1.34. The van der Waals surface area contributed by atoms with Crippen molar-refractivity contribution in [2.45, 2.75) is 19.8 Å². The number of hydrogen-bond donors (Lipinski definition) is 2. The van der Waals surface area contributed by atoms with Gasteiger partial charge in [-0.15, -0.1) is 0 Å². The summed E-state index contributed by atoms with van der Waals surface area (Å²) in [6.45, 7) is 5.07. The first-order valence-electron chi connectivity index (χ1n) is 6.95. The zero-order valence-electron chi connectivity index (χ0n) is 12.0. The molecule has 0 spiro atoms. The van der Waals surface area contributed by atoms with Crippen LogP contribution in [0.4, 0.5) is 10.9 Å². The van der Waals surface area contributed by atoms with E-state index in [1.807, 2.05) is 14.0 Å². The average molecular weight is 298 g/mol. The van der Waals surface area contributed by atoms with Gasteiger partial charge in [0.15, 0.2) is 5.13 Å². The number of thiazole rings is 1. The predicted molar refractivity (Wildman–Crippen MR) is 81.2 cm³/mol. The Morgan fingerprint density at radius 1 is 1.55 bits per heavy atom. The Bertz CT molecular complexity index is 457. The number of hydrogen-bond acceptors (Lipinski definition) is 6. The highest BCUT2D eigenvalue weighted by Gasteiger charge is 2.23. The van der Waals surface area contributed by atoms with E-state index in [2.05, 4.69) is 10.3 Å². The second kappa shape index (κ2) is 6.90. The lowest BCUT2D eigenvalue weighted by molar-refractivity contribution is 0.0499. The molecule has 2 rings (SSSR count). The maximum Gasteiger partial charge on any atom is 0.267 e. The largest absolute Gasteiger partial charge is 0.382 e. The van der Waals surface area contributed by atoms with Gasteiger partial charge in [-0.2, -0.15) is 0 Å². The van der Waals surface area contributed by atoms with Gasteiger partial charge in [-0.3, -0.25) is 4.79 Å². The molecule has 0 bridgehead atoms. The summed E-state index contributed by atoms with van der Waals surface area (Å²) in [5.74, 6) is 0.783. The Kier molecular flexibility index (Phi) is 5.19. The van der Waals surface area contributed by atoms with Crippen LogP contribution in [0.15, 0.2) is 0 Å². The summed E-state index contributed by atoms with van der Waals surface area (Å²) in [5.41, 5.74) is 5.84. The van der Waals surface area contributed by atoms with Crippen molar-refractivity contribution >= 4 is 28.2 Å². The van der Waals surface area contributed by atoms with E-state index >= 15 is 0 Å². The van der Waals surface area contributed by atoms with Gasteiger partial charge in [0, 0.05) is 33.4 Å². The van der Waals surface area contributed by atoms with Crippen LogP contribution < -0.4 is 11.1 Å². The van der Waals surface area contributed by atoms with Crippen LogP contribution in [0.25, 0.3) is 0 Å². The number of amides is 1. The molecule has 1 aliphatic rings. The van der Waals surface area contributed by atoms with E-state index in [1.54, 1.807) is 4.90 Å². The van der Waals surface area contributed by atoms with Gasteiger partial charge >= 0.3 is 0 Å². The lowest BCUT2D eigenvalue weighted by atomic mass is 10.00. The van der Waals surface area contributed by atoms with Crippen LogP contribution in [-0.4, -0.2) is 49.1 Å². The van der Waals surface area contributed by atoms with E-state index in [9.17, 15) is 4.79 Å². The molecule has 1 saturated heterocycles. The van der Waals surface area contributed by atoms with Gasteiger partial charge in [-0.25, -0.2) is 4.98 Å². The number of nitrogens with two attached hydrogens (primary N) is 1. The molecule has 20 heavy (non-hydrogen) atoms. The predicted octanol–water partition coefficient (Wildman–Crippen LogP) is 1.66. The van der Waals surface area contributed by atoms with E-state index in [-0.39, 0.29) is 5.91 Å². The van der Waals surface area contributed by atoms with Gasteiger partial charge in [0.05, 0.1) is 0 Å². The molecule has 2 heterocycles. The molecule has 1 aromatic rings. The number of aromatic nitrogens is 1. The van der Waals surface area contributed by atoms with Crippen molar-refractivity contribution < 1.29 is 9.53 Å². The van der Waals surface area contributed by atoms with E-state index in [0.717, 1.165) is 39.1 Å². The molecule has 1 aromatic heterocycles. The normalized spacial score (nSPS) is 16.1. The molecular formula is C13H22N4O2S. The fourth-order valence-electron chi connectivity index (χ4n) is 2.28. The average Bonchev–Trinajstić information content (AvgIpc) is 2.80. The molecule has 1 fully saturated rings. The highest BCUT2D eigenvalue weighted by Crippen LogP contribution is 2.26. The van der Waals surface area contributed by atoms with Crippen LogP contribution >= 0.6 is 11.3 Å². The van der Waals surface area contributed by atoms with Crippen LogP contribution in [-0.2, 0) is 4.74 Å². The van der Waals surface area contributed by atoms with Gasteiger partial charge in [0.1, 0.15) is 10.7 Å². The molecule has 3 N–H and O–H groups in total. The van der Waals surface area contributed by atoms with Gasteiger partial charge in [-0.05, 0) is 25.7 Å². The first kappa shape index (κ1) is 15.1. The third-order valence-corrected chi connectivity index (χ3v) is 4.41. The second-order valence-electron chi connectivity index (χ2n) is 5.01. The first-order chi connectivity index (χ1) is 9.61. The fourth-order valence-corrected chi connectivity index (χ4v) is 3.23. The molecule has 0 atom stereocenters. The molecule has 0 aliphatic carbocycles. The van der Waals surface area contributed by atoms with Crippen LogP contribution in [0.1, 0.15) is 29.4 Å². The van der Waals surface area contributed by atoms with Gasteiger partial charge in [0.2, 0.25) is 0 Å². The van der Waals surface area contributed by atoms with Crippen LogP contribution in [0.5, 0.6) is 0 Å². The first-order valence-corrected chi connectivity index (χ1v) is 7.76. The molecule has 0 unspecified atom stereocenters. The minimum Gasteiger partial charge on any atom is -0.382 e. The molecule has 0 radical (unpaired) electrons. The smallest absolute Gasteiger partial charge is 0.267 e. The lowest BCUT2D eigenvalue weighted by Crippen LogP contribution is -2.34. The zero-order valence-corrected chi connectivity index (χ0v) is 12.8. The Morgan fingerprint density at radius 3 is 2.90 bits per heavy atom. The van der Waals surface area contributed by atoms with Crippen LogP contribution in [0, 0.1) is 5.92 Å². The zero-order chi connectivity index (χ0) is 14.5. The van der Waals surface area contributed by atoms with E-state index in [1.165, 1.54) is 11.3 Å². The number of nitrogen functional groups attached to an aromatic ring is 1. The highest BCUT2D eigenvalue weighted by molar-refractivity contribution is 7.18. The summed E-state index contributed by atoms with van der Waals surface area (Å²) < 4.78 is 5.34. The van der Waals surface area contributed by atoms with Gasteiger partial charge in [-0.1, -0.05) is 11.3 Å². The topological polar surface area (TPSA) is 80.5 Å². The van der Waals surface area contributed by atoms with Crippen molar-refractivity contribution in [1.82, 2.24) is 9.88 Å². The number of nitrogens with one attached hydrogen (secondary N) is 1. The van der Waals surface area contributed by atoms with E-state index in [0.29, 0.717) is 21.7 Å². The van der Waals surface area contributed by atoms with Gasteiger partial charge < -0.3 is 20.7 Å². The Balaban J connectivity index is 1.98. The molecule has 0 saturated carbocycles. The molecule has 112 valence electrons. The Morgan fingerprint density at radius 2 is 2.25 bits per heavy atom. The SMILES string of the molecule is CCNc1nc(N)c(C(=O)N(C)CC2CCOCC2)s1. The minimum atomic E-state index is -0.0457. The van der Waals surface area contributed by atoms with Crippen molar-refractivity contribution in [3.8, 4) is 0 Å². The van der Waals surface area contributed by atoms with Crippen molar-refractivity contribution in [1.29, 1.82) is 0 Å². The molecule has 0 aromatic carbocycles. The molecule has 7 heteroatoms. The molecular weight excluding hydrogens is 276 g/mol. The summed E-state index contributed by atoms with van der Waals surface area (Å²) in [7, 11) is 1.82. The van der Waals surface area contributed by atoms with Crippen LogP contribution in [0.3, 0.4) is 0 Å². The Labute approximate surface area is 123 Å². The molecule has 1 amide bonds. The lowest BCUT2D eigenvalue weighted by Gasteiger charge is -2.26. The molecule has 1 aliphatic heterocycles. The van der Waals surface area contributed by atoms with E-state index < -0.39 is 0 Å². The number of carbonyl (C=O) groups is 1. The summed E-state index contributed by atoms with van der Waals surface area (Å²) >= 11 is 1.32. The standard InChI is InChI=1S/C13H22N4O2S/c1-3-15-13-16-11(14)10(20-13)12(18)17(2)8-9-4-6-19-7-5-9/h9H,3-8,14H2,1-2H3,(H,15,16). The number of ether oxygens (including phenoxy) is 1. The molecule has 6 nitrogen and oxygen atoms in total. The second-order valence-corrected chi connectivity index (χ2v) is 6.00. The van der Waals surface area contributed by atoms with Crippen LogP contribution in [0.2, 0.25) is 0 Å². The summed E-state index contributed by atoms with van der Waals surface area (Å²) in [5, 5.41) is 3.79. The van der Waals surface area contributed by atoms with Gasteiger partial charge in [0.25, 0.3) is 5.91 Å². The number of anilines is 2. The number of nitrogens with zero attached hydrogens (tertiary/aromatic N) is 2. The summed E-state index contributed by atoms with van der Waals surface area (Å²) in [6.07, 6.45) is 2.02. The van der Waals surface area contributed by atoms with Crippen molar-refractivity contribution in [2.24, 2.45) is 5.92 Å². The highest BCUT2D eigenvalue weighted by atomic mass is 32.1. The van der Waals surface area contributed by atoms with Crippen molar-refractivity contribution in [3.63, 3.8) is 0 Å². The number of rotatable bonds is 5. The van der Waals surface area contributed by atoms with Crippen molar-refractivity contribution in [2.75, 3.05) is 44.4 Å². The fraction of sp³-hybridized carbons (Fsp3) is 0.692. The minimum absolute atomic E-state index is 0.0457. The summed E-state index contributed by atoms with van der Waals surface area (Å²) in [6, 6.07) is 0. The quantitative estimate of drug-likeness (QED) is 0.864. The maximum atomic E-state index is 12.4. The third kappa shape index (κ3) is 3.61. The maximum absolute atomic E-state index is 12.4. The monoisotopic (exact) mass is 298 g/mol. The number of carbonyl (C=O) groups excluding carboxylic acids is 1. The van der Waals surface area contributed by atoms with Crippen molar-refractivity contribution in [3.05, 3.63) is 4.88 Å². The summed E-state index contributed by atoms with van der Waals surface area (Å²) in [4.78, 5) is 18.9. The third-order valence-electron chi connectivity index (χ3n) is 3.40.